The Kier molecular flexibility index (Phi) is 3.62. The lowest BCUT2D eigenvalue weighted by Crippen LogP contribution is -2.36. The first-order chi connectivity index (χ1) is 9.33. The topological polar surface area (TPSA) is 30.3 Å². The third-order valence-corrected chi connectivity index (χ3v) is 3.54. The van der Waals surface area contributed by atoms with Crippen LogP contribution < -0.4 is 0 Å². The summed E-state index contributed by atoms with van der Waals surface area (Å²) in [5, 5.41) is 0. The van der Waals surface area contributed by atoms with Crippen molar-refractivity contribution in [1.29, 1.82) is 0 Å². The maximum absolute atomic E-state index is 5.86. The molecule has 0 amide bonds. The average molecular weight is 257 g/mol. The lowest BCUT2D eigenvalue weighted by Gasteiger charge is -2.32. The van der Waals surface area contributed by atoms with Crippen molar-refractivity contribution in [3.05, 3.63) is 54.1 Å². The molecule has 0 saturated heterocycles. The molecule has 0 spiro atoms. The lowest BCUT2D eigenvalue weighted by atomic mass is 10.2. The minimum Gasteiger partial charge on any atom is -0.375 e. The van der Waals surface area contributed by atoms with Gasteiger partial charge in [-0.1, -0.05) is 0 Å². The van der Waals surface area contributed by atoms with Crippen LogP contribution in [0, 0.1) is 0 Å². The van der Waals surface area contributed by atoms with Gasteiger partial charge in [0.05, 0.1) is 19.3 Å². The van der Waals surface area contributed by atoms with E-state index in [9.17, 15) is 0 Å². The highest BCUT2D eigenvalue weighted by Crippen LogP contribution is 2.21. The van der Waals surface area contributed by atoms with Gasteiger partial charge in [-0.25, -0.2) is 0 Å². The number of nitrogens with zero attached hydrogens (tertiary/aromatic N) is 3. The molecule has 4 heteroatoms. The van der Waals surface area contributed by atoms with Gasteiger partial charge in [-0.15, -0.1) is 0 Å². The molecule has 3 rings (SSSR count). The molecule has 19 heavy (non-hydrogen) atoms. The van der Waals surface area contributed by atoms with Crippen LogP contribution in [0.3, 0.4) is 0 Å². The van der Waals surface area contributed by atoms with E-state index < -0.39 is 0 Å². The van der Waals surface area contributed by atoms with Gasteiger partial charge in [-0.2, -0.15) is 0 Å². The molecule has 100 valence electrons. The molecule has 1 aliphatic rings. The Morgan fingerprint density at radius 2 is 2.16 bits per heavy atom. The highest BCUT2D eigenvalue weighted by molar-refractivity contribution is 5.11. The summed E-state index contributed by atoms with van der Waals surface area (Å²) in [4.78, 5) is 6.35. The van der Waals surface area contributed by atoms with E-state index in [1.165, 1.54) is 11.3 Å². The number of hydrogen-bond acceptors (Lipinski definition) is 3. The number of rotatable bonds is 4. The van der Waals surface area contributed by atoms with Crippen LogP contribution in [0.15, 0.2) is 42.9 Å². The number of aromatic nitrogens is 2. The van der Waals surface area contributed by atoms with Gasteiger partial charge in [0, 0.05) is 37.4 Å². The Labute approximate surface area is 113 Å². The molecule has 2 aromatic rings. The molecule has 0 unspecified atom stereocenters. The van der Waals surface area contributed by atoms with Crippen molar-refractivity contribution < 1.29 is 4.74 Å². The first kappa shape index (κ1) is 12.4. The number of fused-ring (bicyclic) bond motifs is 1. The minimum absolute atomic E-state index is 0.408. The van der Waals surface area contributed by atoms with Gasteiger partial charge in [0.2, 0.25) is 0 Å². The van der Waals surface area contributed by atoms with Crippen LogP contribution in [0.5, 0.6) is 0 Å². The SMILES string of the molecule is CN1Cc2cccn2[C@@H](COCc2ccncc2)C1. The van der Waals surface area contributed by atoms with Crippen molar-refractivity contribution >= 4 is 0 Å². The van der Waals surface area contributed by atoms with Gasteiger partial charge in [0.1, 0.15) is 0 Å². The predicted octanol–water partition coefficient (Wildman–Crippen LogP) is 2.09. The normalized spacial score (nSPS) is 19.3. The van der Waals surface area contributed by atoms with E-state index >= 15 is 0 Å². The number of hydrogen-bond donors (Lipinski definition) is 0. The van der Waals surface area contributed by atoms with Crippen molar-refractivity contribution in [2.45, 2.75) is 19.2 Å². The lowest BCUT2D eigenvalue weighted by molar-refractivity contribution is 0.0668. The van der Waals surface area contributed by atoms with Gasteiger partial charge >= 0.3 is 0 Å². The quantitative estimate of drug-likeness (QED) is 0.840. The monoisotopic (exact) mass is 257 g/mol. The molecule has 0 saturated carbocycles. The van der Waals surface area contributed by atoms with E-state index in [1.54, 1.807) is 12.4 Å². The molecule has 0 bridgehead atoms. The molecule has 0 aliphatic carbocycles. The van der Waals surface area contributed by atoms with Crippen molar-refractivity contribution in [3.63, 3.8) is 0 Å². The van der Waals surface area contributed by atoms with Gasteiger partial charge < -0.3 is 9.30 Å². The molecular weight excluding hydrogens is 238 g/mol. The zero-order valence-electron chi connectivity index (χ0n) is 11.2. The van der Waals surface area contributed by atoms with Crippen LogP contribution >= 0.6 is 0 Å². The van der Waals surface area contributed by atoms with Crippen LogP contribution in [0.4, 0.5) is 0 Å². The van der Waals surface area contributed by atoms with Crippen LogP contribution in [0.1, 0.15) is 17.3 Å². The summed E-state index contributed by atoms with van der Waals surface area (Å²) in [5.41, 5.74) is 2.54. The highest BCUT2D eigenvalue weighted by atomic mass is 16.5. The fourth-order valence-electron chi connectivity index (χ4n) is 2.63. The first-order valence-electron chi connectivity index (χ1n) is 6.64. The second-order valence-electron chi connectivity index (χ2n) is 5.13. The summed E-state index contributed by atoms with van der Waals surface area (Å²) in [6, 6.07) is 8.70. The van der Waals surface area contributed by atoms with Crippen LogP contribution in [0.25, 0.3) is 0 Å². The summed E-state index contributed by atoms with van der Waals surface area (Å²) in [6.07, 6.45) is 5.76. The molecule has 3 heterocycles. The van der Waals surface area contributed by atoms with Crippen molar-refractivity contribution in [2.24, 2.45) is 0 Å². The summed E-state index contributed by atoms with van der Waals surface area (Å²) in [6.45, 7) is 3.46. The first-order valence-corrected chi connectivity index (χ1v) is 6.64. The summed E-state index contributed by atoms with van der Waals surface area (Å²) < 4.78 is 8.20. The third kappa shape index (κ3) is 2.85. The Balaban J connectivity index is 1.59. The van der Waals surface area contributed by atoms with E-state index in [-0.39, 0.29) is 0 Å². The predicted molar refractivity (Wildman–Crippen MR) is 73.7 cm³/mol. The fourth-order valence-corrected chi connectivity index (χ4v) is 2.63. The maximum Gasteiger partial charge on any atom is 0.0719 e. The van der Waals surface area contributed by atoms with E-state index in [4.69, 9.17) is 4.74 Å². The Morgan fingerprint density at radius 3 is 3.00 bits per heavy atom. The fraction of sp³-hybridized carbons (Fsp3) is 0.400. The standard InChI is InChI=1S/C15H19N3O/c1-17-9-14-3-2-8-18(14)15(10-17)12-19-11-13-4-6-16-7-5-13/h2-8,15H,9-12H2,1H3/t15-/m1/s1. The Hall–Kier alpha value is -1.65. The molecule has 0 fully saturated rings. The molecule has 0 radical (unpaired) electrons. The molecule has 1 aliphatic heterocycles. The van der Waals surface area contributed by atoms with Crippen molar-refractivity contribution in [3.8, 4) is 0 Å². The molecule has 2 aromatic heterocycles. The van der Waals surface area contributed by atoms with Crippen LogP contribution in [-0.4, -0.2) is 34.7 Å². The van der Waals surface area contributed by atoms with Crippen LogP contribution in [-0.2, 0) is 17.9 Å². The molecule has 0 N–H and O–H groups in total. The maximum atomic E-state index is 5.86. The second-order valence-corrected chi connectivity index (χ2v) is 5.13. The van der Waals surface area contributed by atoms with Crippen molar-refractivity contribution in [2.75, 3.05) is 20.2 Å². The zero-order valence-corrected chi connectivity index (χ0v) is 11.2. The van der Waals surface area contributed by atoms with E-state index in [1.807, 2.05) is 12.1 Å². The van der Waals surface area contributed by atoms with Gasteiger partial charge in [-0.3, -0.25) is 9.88 Å². The van der Waals surface area contributed by atoms with Crippen LogP contribution in [0.2, 0.25) is 0 Å². The minimum atomic E-state index is 0.408. The molecule has 1 atom stereocenters. The van der Waals surface area contributed by atoms with Crippen molar-refractivity contribution in [1.82, 2.24) is 14.5 Å². The zero-order chi connectivity index (χ0) is 13.1. The molecular formula is C15H19N3O. The molecule has 4 nitrogen and oxygen atoms in total. The van der Waals surface area contributed by atoms with E-state index in [0.717, 1.165) is 19.7 Å². The van der Waals surface area contributed by atoms with Gasteiger partial charge in [0.15, 0.2) is 0 Å². The van der Waals surface area contributed by atoms with E-state index in [2.05, 4.69) is 39.8 Å². The Bertz CT molecular complexity index is 523. The number of likely N-dealkylation sites (N-methyl/N-ethyl adjacent to an activating group) is 1. The second kappa shape index (κ2) is 5.55. The van der Waals surface area contributed by atoms with Gasteiger partial charge in [-0.05, 0) is 36.9 Å². The summed E-state index contributed by atoms with van der Waals surface area (Å²) in [7, 11) is 2.16. The number of ether oxygens (including phenoxy) is 1. The van der Waals surface area contributed by atoms with Gasteiger partial charge in [0.25, 0.3) is 0 Å². The summed E-state index contributed by atoms with van der Waals surface area (Å²) >= 11 is 0. The number of pyridine rings is 1. The smallest absolute Gasteiger partial charge is 0.0719 e. The molecule has 0 aromatic carbocycles. The summed E-state index contributed by atoms with van der Waals surface area (Å²) in [5.74, 6) is 0. The third-order valence-electron chi connectivity index (χ3n) is 3.54. The highest BCUT2D eigenvalue weighted by Gasteiger charge is 2.21. The largest absolute Gasteiger partial charge is 0.375 e. The van der Waals surface area contributed by atoms with E-state index in [0.29, 0.717) is 12.6 Å². The average Bonchev–Trinajstić information content (AvgIpc) is 2.88. The Morgan fingerprint density at radius 1 is 1.32 bits per heavy atom.